The molecule has 1 aromatic carbocycles. The third kappa shape index (κ3) is 3.78. The molecule has 0 aliphatic rings. The van der Waals surface area contributed by atoms with Gasteiger partial charge < -0.3 is 5.73 Å². The van der Waals surface area contributed by atoms with Crippen LogP contribution in [0.2, 0.25) is 5.02 Å². The maximum Gasteiger partial charge on any atom is 0.0422 e. The lowest BCUT2D eigenvalue weighted by molar-refractivity contribution is 0.702. The molecule has 1 atom stereocenters. The van der Waals surface area contributed by atoms with Gasteiger partial charge in [-0.15, -0.1) is 0 Å². The minimum Gasteiger partial charge on any atom is -0.324 e. The number of hydrogen-bond acceptors (Lipinski definition) is 2. The van der Waals surface area contributed by atoms with Crippen LogP contribution in [0.3, 0.4) is 0 Å². The summed E-state index contributed by atoms with van der Waals surface area (Å²) < 4.78 is 0.942. The summed E-state index contributed by atoms with van der Waals surface area (Å²) in [7, 11) is 0. The van der Waals surface area contributed by atoms with Gasteiger partial charge in [-0.1, -0.05) is 46.6 Å². The molecule has 0 amide bonds. The molecule has 2 rings (SSSR count). The zero-order valence-corrected chi connectivity index (χ0v) is 13.1. The summed E-state index contributed by atoms with van der Waals surface area (Å²) in [5, 5.41) is 0.702. The molecule has 1 unspecified atom stereocenters. The predicted molar refractivity (Wildman–Crippen MR) is 83.4 cm³/mol. The molecular formula is C15H16BrClN2. The van der Waals surface area contributed by atoms with Crippen LogP contribution in [0.1, 0.15) is 29.8 Å². The average Bonchev–Trinajstić information content (AvgIpc) is 2.39. The van der Waals surface area contributed by atoms with Crippen LogP contribution >= 0.6 is 27.5 Å². The number of hydrogen-bond donors (Lipinski definition) is 1. The van der Waals surface area contributed by atoms with Crippen molar-refractivity contribution < 1.29 is 0 Å². The van der Waals surface area contributed by atoms with E-state index in [1.807, 2.05) is 30.5 Å². The Morgan fingerprint density at radius 1 is 1.32 bits per heavy atom. The van der Waals surface area contributed by atoms with Crippen molar-refractivity contribution in [3.05, 3.63) is 62.8 Å². The smallest absolute Gasteiger partial charge is 0.0422 e. The maximum atomic E-state index is 6.24. The van der Waals surface area contributed by atoms with E-state index in [-0.39, 0.29) is 6.04 Å². The van der Waals surface area contributed by atoms with Crippen molar-refractivity contribution in [2.75, 3.05) is 0 Å². The Hall–Kier alpha value is -0.900. The lowest BCUT2D eigenvalue weighted by Crippen LogP contribution is -2.14. The predicted octanol–water partition coefficient (Wildman–Crippen LogP) is 4.30. The SMILES string of the molecule is CCc1ccc(CC(N)c2ccc(Cl)cc2Br)nc1. The molecule has 1 aromatic heterocycles. The molecule has 4 heteroatoms. The van der Waals surface area contributed by atoms with Crippen LogP contribution in [0.5, 0.6) is 0 Å². The molecule has 0 radical (unpaired) electrons. The Balaban J connectivity index is 2.13. The molecule has 0 spiro atoms. The van der Waals surface area contributed by atoms with E-state index in [1.165, 1.54) is 5.56 Å². The van der Waals surface area contributed by atoms with Crippen molar-refractivity contribution in [2.45, 2.75) is 25.8 Å². The number of nitrogens with two attached hydrogens (primary N) is 1. The van der Waals surface area contributed by atoms with Crippen molar-refractivity contribution in [2.24, 2.45) is 5.73 Å². The summed E-state index contributed by atoms with van der Waals surface area (Å²) in [5.41, 5.74) is 9.53. The molecule has 0 bridgehead atoms. The maximum absolute atomic E-state index is 6.24. The Morgan fingerprint density at radius 3 is 2.68 bits per heavy atom. The number of nitrogens with zero attached hydrogens (tertiary/aromatic N) is 1. The van der Waals surface area contributed by atoms with Gasteiger partial charge in [0.1, 0.15) is 0 Å². The van der Waals surface area contributed by atoms with Gasteiger partial charge in [0.15, 0.2) is 0 Å². The summed E-state index contributed by atoms with van der Waals surface area (Å²) >= 11 is 9.43. The number of pyridine rings is 1. The molecule has 0 aliphatic heterocycles. The number of benzene rings is 1. The first-order valence-corrected chi connectivity index (χ1v) is 7.41. The van der Waals surface area contributed by atoms with Gasteiger partial charge >= 0.3 is 0 Å². The number of halogens is 2. The van der Waals surface area contributed by atoms with Gasteiger partial charge in [0.05, 0.1) is 0 Å². The van der Waals surface area contributed by atoms with E-state index in [2.05, 4.69) is 33.9 Å². The topological polar surface area (TPSA) is 38.9 Å². The average molecular weight is 340 g/mol. The van der Waals surface area contributed by atoms with Crippen LogP contribution in [-0.4, -0.2) is 4.98 Å². The quantitative estimate of drug-likeness (QED) is 0.902. The molecule has 2 nitrogen and oxygen atoms in total. The fraction of sp³-hybridized carbons (Fsp3) is 0.267. The van der Waals surface area contributed by atoms with Gasteiger partial charge in [-0.2, -0.15) is 0 Å². The minimum atomic E-state index is -0.0911. The zero-order chi connectivity index (χ0) is 13.8. The Kier molecular flexibility index (Phi) is 4.97. The van der Waals surface area contributed by atoms with E-state index in [4.69, 9.17) is 17.3 Å². The number of aryl methyl sites for hydroxylation is 1. The van der Waals surface area contributed by atoms with Gasteiger partial charge in [-0.05, 0) is 35.7 Å². The third-order valence-corrected chi connectivity index (χ3v) is 4.01. The van der Waals surface area contributed by atoms with Crippen LogP contribution in [0.15, 0.2) is 41.0 Å². The Labute approximate surface area is 127 Å². The van der Waals surface area contributed by atoms with Gasteiger partial charge in [0.25, 0.3) is 0 Å². The van der Waals surface area contributed by atoms with Crippen molar-refractivity contribution in [1.29, 1.82) is 0 Å². The molecule has 0 aliphatic carbocycles. The van der Waals surface area contributed by atoms with E-state index in [1.54, 1.807) is 0 Å². The fourth-order valence-electron chi connectivity index (χ4n) is 1.92. The normalized spacial score (nSPS) is 12.4. The molecule has 0 saturated carbocycles. The van der Waals surface area contributed by atoms with Gasteiger partial charge in [-0.25, -0.2) is 0 Å². The van der Waals surface area contributed by atoms with Gasteiger partial charge in [0, 0.05) is 33.8 Å². The van der Waals surface area contributed by atoms with Crippen LogP contribution in [0.25, 0.3) is 0 Å². The first-order valence-electron chi connectivity index (χ1n) is 6.24. The first-order chi connectivity index (χ1) is 9.10. The van der Waals surface area contributed by atoms with E-state index in [0.29, 0.717) is 11.4 Å². The van der Waals surface area contributed by atoms with Crippen LogP contribution < -0.4 is 5.73 Å². The van der Waals surface area contributed by atoms with Crippen molar-refractivity contribution in [3.63, 3.8) is 0 Å². The Morgan fingerprint density at radius 2 is 2.11 bits per heavy atom. The van der Waals surface area contributed by atoms with Gasteiger partial charge in [0.2, 0.25) is 0 Å². The molecule has 1 heterocycles. The van der Waals surface area contributed by atoms with Crippen LogP contribution in [0, 0.1) is 0 Å². The van der Waals surface area contributed by atoms with Crippen LogP contribution in [-0.2, 0) is 12.8 Å². The summed E-state index contributed by atoms with van der Waals surface area (Å²) in [4.78, 5) is 4.44. The molecule has 0 fully saturated rings. The molecular weight excluding hydrogens is 324 g/mol. The van der Waals surface area contributed by atoms with Gasteiger partial charge in [-0.3, -0.25) is 4.98 Å². The number of aromatic nitrogens is 1. The standard InChI is InChI=1S/C15H16BrClN2/c1-2-10-3-5-12(19-9-10)8-15(18)13-6-4-11(17)7-14(13)16/h3-7,9,15H,2,8,18H2,1H3. The Bertz CT molecular complexity index is 555. The second kappa shape index (κ2) is 6.51. The molecule has 2 aromatic rings. The lowest BCUT2D eigenvalue weighted by Gasteiger charge is -2.14. The largest absolute Gasteiger partial charge is 0.324 e. The molecule has 19 heavy (non-hydrogen) atoms. The monoisotopic (exact) mass is 338 g/mol. The lowest BCUT2D eigenvalue weighted by atomic mass is 10.0. The van der Waals surface area contributed by atoms with E-state index < -0.39 is 0 Å². The fourth-order valence-corrected chi connectivity index (χ4v) is 2.90. The van der Waals surface area contributed by atoms with E-state index in [0.717, 1.165) is 22.2 Å². The summed E-state index contributed by atoms with van der Waals surface area (Å²) in [5.74, 6) is 0. The second-order valence-electron chi connectivity index (χ2n) is 4.49. The summed E-state index contributed by atoms with van der Waals surface area (Å²) in [6, 6.07) is 9.73. The third-order valence-electron chi connectivity index (χ3n) is 3.09. The highest BCUT2D eigenvalue weighted by Gasteiger charge is 2.11. The molecule has 0 saturated heterocycles. The van der Waals surface area contributed by atoms with Crippen LogP contribution in [0.4, 0.5) is 0 Å². The molecule has 2 N–H and O–H groups in total. The minimum absolute atomic E-state index is 0.0911. The van der Waals surface area contributed by atoms with Crippen molar-refractivity contribution in [1.82, 2.24) is 4.98 Å². The van der Waals surface area contributed by atoms with Crippen molar-refractivity contribution >= 4 is 27.5 Å². The van der Waals surface area contributed by atoms with E-state index >= 15 is 0 Å². The first kappa shape index (κ1) is 14.5. The van der Waals surface area contributed by atoms with Crippen molar-refractivity contribution in [3.8, 4) is 0 Å². The molecule has 100 valence electrons. The highest BCUT2D eigenvalue weighted by Crippen LogP contribution is 2.27. The summed E-state index contributed by atoms with van der Waals surface area (Å²) in [6.07, 6.45) is 3.63. The highest BCUT2D eigenvalue weighted by atomic mass is 79.9. The second-order valence-corrected chi connectivity index (χ2v) is 5.78. The highest BCUT2D eigenvalue weighted by molar-refractivity contribution is 9.10. The van der Waals surface area contributed by atoms with E-state index in [9.17, 15) is 0 Å². The zero-order valence-electron chi connectivity index (χ0n) is 10.7. The summed E-state index contributed by atoms with van der Waals surface area (Å²) in [6.45, 7) is 2.12. The number of rotatable bonds is 4.